The van der Waals surface area contributed by atoms with Gasteiger partial charge < -0.3 is 9.82 Å². The number of fused-ring (bicyclic) bond motifs is 1. The molecule has 72 valence electrons. The molecule has 7 nitrogen and oxygen atoms in total. The molecule has 14 heavy (non-hydrogen) atoms. The number of carbonyl (C=O) groups is 1. The molecule has 2 heterocycles. The van der Waals surface area contributed by atoms with E-state index in [0.29, 0.717) is 11.2 Å². The summed E-state index contributed by atoms with van der Waals surface area (Å²) in [7, 11) is 0. The Morgan fingerprint density at radius 1 is 1.64 bits per heavy atom. The number of carbonyl (C=O) groups excluding carboxylic acids is 1. The molecule has 0 atom stereocenters. The molecule has 0 fully saturated rings. The molecule has 0 amide bonds. The quantitative estimate of drug-likeness (QED) is 0.620. The van der Waals surface area contributed by atoms with Gasteiger partial charge in [-0.1, -0.05) is 0 Å². The number of imidazole rings is 1. The summed E-state index contributed by atoms with van der Waals surface area (Å²) in [4.78, 5) is 25.8. The largest absolute Gasteiger partial charge is 0.340 e. The molecule has 0 aliphatic carbocycles. The third-order valence-corrected chi connectivity index (χ3v) is 1.59. The molecule has 0 saturated heterocycles. The Morgan fingerprint density at radius 3 is 3.14 bits per heavy atom. The highest BCUT2D eigenvalue weighted by molar-refractivity contribution is 5.68. The first-order valence-electron chi connectivity index (χ1n) is 3.82. The SMILES string of the molecule is CC(=O)On1cnc2nc[nH]c2c1=N. The lowest BCUT2D eigenvalue weighted by Crippen LogP contribution is -2.29. The Balaban J connectivity index is 2.62. The standard InChI is InChI=1S/C7H7N5O2/c1-4(13)14-12-3-11-7-5(6(12)8)9-2-10-7/h2-3,8H,1H3,(H,9,10). The summed E-state index contributed by atoms with van der Waals surface area (Å²) in [6.45, 7) is 1.25. The summed E-state index contributed by atoms with van der Waals surface area (Å²) in [5, 5.41) is 7.62. The zero-order chi connectivity index (χ0) is 10.1. The monoisotopic (exact) mass is 193 g/mol. The zero-order valence-electron chi connectivity index (χ0n) is 7.31. The molecule has 0 aliphatic heterocycles. The van der Waals surface area contributed by atoms with Gasteiger partial charge in [0.15, 0.2) is 11.1 Å². The fourth-order valence-corrected chi connectivity index (χ4v) is 1.04. The van der Waals surface area contributed by atoms with Gasteiger partial charge >= 0.3 is 5.97 Å². The van der Waals surface area contributed by atoms with Crippen LogP contribution in [0.5, 0.6) is 0 Å². The molecule has 2 N–H and O–H groups in total. The lowest BCUT2D eigenvalue weighted by Gasteiger charge is -2.03. The lowest BCUT2D eigenvalue weighted by molar-refractivity contribution is -0.142. The average Bonchev–Trinajstić information content (AvgIpc) is 2.57. The Kier molecular flexibility index (Phi) is 1.77. The van der Waals surface area contributed by atoms with Gasteiger partial charge in [0.25, 0.3) is 0 Å². The topological polar surface area (TPSA) is 96.7 Å². The number of rotatable bonds is 1. The Bertz CT molecular complexity index is 540. The van der Waals surface area contributed by atoms with Crippen LogP contribution in [0.15, 0.2) is 12.7 Å². The van der Waals surface area contributed by atoms with E-state index >= 15 is 0 Å². The second-order valence-corrected chi connectivity index (χ2v) is 2.60. The Labute approximate surface area is 77.8 Å². The fourth-order valence-electron chi connectivity index (χ4n) is 1.04. The van der Waals surface area contributed by atoms with Crippen LogP contribution in [0.4, 0.5) is 0 Å². The first-order valence-corrected chi connectivity index (χ1v) is 3.82. The van der Waals surface area contributed by atoms with Crippen LogP contribution in [0.25, 0.3) is 11.2 Å². The first kappa shape index (κ1) is 8.42. The number of hydrogen-bond acceptors (Lipinski definition) is 5. The third-order valence-electron chi connectivity index (χ3n) is 1.59. The smallest absolute Gasteiger partial charge is 0.330 e. The van der Waals surface area contributed by atoms with Gasteiger partial charge in [-0.3, -0.25) is 5.41 Å². The lowest BCUT2D eigenvalue weighted by atomic mass is 10.5. The molecule has 2 aromatic heterocycles. The molecule has 2 aromatic rings. The van der Waals surface area contributed by atoms with E-state index in [1.165, 1.54) is 19.6 Å². The molecule has 0 saturated carbocycles. The van der Waals surface area contributed by atoms with Crippen LogP contribution >= 0.6 is 0 Å². The van der Waals surface area contributed by atoms with Crippen molar-refractivity contribution in [3.63, 3.8) is 0 Å². The van der Waals surface area contributed by atoms with E-state index in [9.17, 15) is 4.79 Å². The van der Waals surface area contributed by atoms with Gasteiger partial charge in [0.1, 0.15) is 11.8 Å². The molecule has 0 radical (unpaired) electrons. The van der Waals surface area contributed by atoms with E-state index in [1.54, 1.807) is 0 Å². The normalized spacial score (nSPS) is 10.4. The van der Waals surface area contributed by atoms with Gasteiger partial charge in [-0.05, 0) is 0 Å². The maximum atomic E-state index is 10.7. The average molecular weight is 193 g/mol. The highest BCUT2D eigenvalue weighted by atomic mass is 16.7. The highest BCUT2D eigenvalue weighted by Crippen LogP contribution is 1.96. The molecular weight excluding hydrogens is 186 g/mol. The molecular formula is C7H7N5O2. The number of nitrogens with zero attached hydrogens (tertiary/aromatic N) is 3. The minimum absolute atomic E-state index is 0.00250. The van der Waals surface area contributed by atoms with Crippen molar-refractivity contribution in [1.82, 2.24) is 19.7 Å². The van der Waals surface area contributed by atoms with Crippen LogP contribution in [0.3, 0.4) is 0 Å². The number of aromatic nitrogens is 4. The number of nitrogens with one attached hydrogen (secondary N) is 2. The van der Waals surface area contributed by atoms with E-state index in [1.807, 2.05) is 0 Å². The number of hydrogen-bond donors (Lipinski definition) is 2. The van der Waals surface area contributed by atoms with Crippen LogP contribution in [-0.2, 0) is 4.79 Å². The van der Waals surface area contributed by atoms with Gasteiger partial charge in [-0.15, -0.1) is 4.73 Å². The van der Waals surface area contributed by atoms with Crippen molar-refractivity contribution in [1.29, 1.82) is 5.41 Å². The van der Waals surface area contributed by atoms with Crippen LogP contribution in [0, 0.1) is 5.41 Å². The molecule has 0 spiro atoms. The maximum absolute atomic E-state index is 10.7. The summed E-state index contributed by atoms with van der Waals surface area (Å²) >= 11 is 0. The minimum Gasteiger partial charge on any atom is -0.340 e. The Morgan fingerprint density at radius 2 is 2.43 bits per heavy atom. The van der Waals surface area contributed by atoms with Crippen LogP contribution < -0.4 is 10.3 Å². The van der Waals surface area contributed by atoms with Crippen molar-refractivity contribution < 1.29 is 9.63 Å². The van der Waals surface area contributed by atoms with E-state index in [4.69, 9.17) is 10.2 Å². The van der Waals surface area contributed by atoms with Crippen molar-refractivity contribution in [3.05, 3.63) is 18.1 Å². The summed E-state index contributed by atoms with van der Waals surface area (Å²) in [5.74, 6) is -0.510. The molecule has 0 aliphatic rings. The molecule has 0 aromatic carbocycles. The molecule has 2 rings (SSSR count). The molecule has 0 bridgehead atoms. The van der Waals surface area contributed by atoms with Crippen LogP contribution in [0.1, 0.15) is 6.92 Å². The number of H-pyrrole nitrogens is 1. The second kappa shape index (κ2) is 2.95. The fraction of sp³-hybridized carbons (Fsp3) is 0.143. The van der Waals surface area contributed by atoms with E-state index in [0.717, 1.165) is 4.73 Å². The van der Waals surface area contributed by atoms with Crippen LogP contribution in [-0.4, -0.2) is 25.7 Å². The maximum Gasteiger partial charge on any atom is 0.330 e. The van der Waals surface area contributed by atoms with Crippen molar-refractivity contribution in [2.45, 2.75) is 6.92 Å². The van der Waals surface area contributed by atoms with E-state index in [-0.39, 0.29) is 5.49 Å². The van der Waals surface area contributed by atoms with Gasteiger partial charge in [0, 0.05) is 6.92 Å². The van der Waals surface area contributed by atoms with E-state index in [2.05, 4.69) is 15.0 Å². The van der Waals surface area contributed by atoms with Crippen LogP contribution in [0.2, 0.25) is 0 Å². The predicted octanol–water partition coefficient (Wildman–Crippen LogP) is -0.786. The predicted molar refractivity (Wildman–Crippen MR) is 45.0 cm³/mol. The minimum atomic E-state index is -0.510. The molecule has 0 unspecified atom stereocenters. The van der Waals surface area contributed by atoms with Crippen molar-refractivity contribution >= 4 is 17.1 Å². The summed E-state index contributed by atoms with van der Waals surface area (Å²) in [6.07, 6.45) is 2.65. The van der Waals surface area contributed by atoms with Crippen molar-refractivity contribution in [3.8, 4) is 0 Å². The highest BCUT2D eigenvalue weighted by Gasteiger charge is 2.04. The van der Waals surface area contributed by atoms with Gasteiger partial charge in [0.2, 0.25) is 0 Å². The van der Waals surface area contributed by atoms with Gasteiger partial charge in [0.05, 0.1) is 6.33 Å². The molecule has 7 heteroatoms. The van der Waals surface area contributed by atoms with Crippen molar-refractivity contribution in [2.24, 2.45) is 0 Å². The summed E-state index contributed by atoms with van der Waals surface area (Å²) in [6, 6.07) is 0. The Hall–Kier alpha value is -2.18. The zero-order valence-corrected chi connectivity index (χ0v) is 7.31. The third kappa shape index (κ3) is 1.24. The summed E-state index contributed by atoms with van der Waals surface area (Å²) < 4.78 is 0.975. The van der Waals surface area contributed by atoms with Gasteiger partial charge in [-0.2, -0.15) is 0 Å². The van der Waals surface area contributed by atoms with Gasteiger partial charge in [-0.25, -0.2) is 14.8 Å². The summed E-state index contributed by atoms with van der Waals surface area (Å²) in [5.41, 5.74) is 0.842. The first-order chi connectivity index (χ1) is 6.68. The second-order valence-electron chi connectivity index (χ2n) is 2.60. The number of aromatic amines is 1. The van der Waals surface area contributed by atoms with Crippen molar-refractivity contribution in [2.75, 3.05) is 0 Å². The van der Waals surface area contributed by atoms with E-state index < -0.39 is 5.97 Å².